The van der Waals surface area contributed by atoms with Crippen LogP contribution < -0.4 is 0 Å². The molecule has 0 spiro atoms. The van der Waals surface area contributed by atoms with E-state index in [-0.39, 0.29) is 11.4 Å². The van der Waals surface area contributed by atoms with E-state index in [0.29, 0.717) is 0 Å². The average molecular weight is 160 g/mol. The third-order valence-corrected chi connectivity index (χ3v) is 0.431. The van der Waals surface area contributed by atoms with Gasteiger partial charge >= 0.3 is 5.97 Å². The Labute approximate surface area is 65.4 Å². The summed E-state index contributed by atoms with van der Waals surface area (Å²) in [6.45, 7) is 7.69. The van der Waals surface area contributed by atoms with Crippen LogP contribution in [0.5, 0.6) is 0 Å². The molecule has 0 aliphatic rings. The molecule has 0 bridgehead atoms. The smallest absolute Gasteiger partial charge is 0.300 e. The van der Waals surface area contributed by atoms with Gasteiger partial charge in [0.1, 0.15) is 5.78 Å². The van der Waals surface area contributed by atoms with Crippen molar-refractivity contribution in [3.05, 3.63) is 12.2 Å². The fraction of sp³-hybridized carbons (Fsp3) is 0.429. The number of Topliss-reactive ketones (excluding diaryl/α,β-unsaturated/α-hetero) is 1. The molecule has 0 aromatic rings. The highest BCUT2D eigenvalue weighted by molar-refractivity contribution is 5.86. The van der Waals surface area contributed by atoms with Crippen LogP contribution in [-0.2, 0) is 14.5 Å². The normalized spacial score (nSPS) is 7.27. The van der Waals surface area contributed by atoms with Crippen LogP contribution in [0.15, 0.2) is 12.2 Å². The fourth-order valence-corrected chi connectivity index (χ4v) is 0.0779. The highest BCUT2D eigenvalue weighted by Gasteiger charge is 1.98. The molecule has 11 heavy (non-hydrogen) atoms. The Morgan fingerprint density at radius 3 is 1.55 bits per heavy atom. The molecular formula is C7H12O4. The van der Waals surface area contributed by atoms with Gasteiger partial charge in [-0.05, 0) is 20.8 Å². The zero-order valence-corrected chi connectivity index (χ0v) is 6.88. The first-order valence-electron chi connectivity index (χ1n) is 2.90. The molecule has 0 aromatic carbocycles. The van der Waals surface area contributed by atoms with Gasteiger partial charge < -0.3 is 4.79 Å². The molecule has 0 radical (unpaired) electrons. The van der Waals surface area contributed by atoms with Crippen LogP contribution in [0.1, 0.15) is 20.8 Å². The Morgan fingerprint density at radius 1 is 1.27 bits per heavy atom. The summed E-state index contributed by atoms with van der Waals surface area (Å²) in [5.41, 5.74) is 0.183. The van der Waals surface area contributed by atoms with Crippen molar-refractivity contribution < 1.29 is 19.7 Å². The molecule has 0 amide bonds. The number of ketones is 1. The van der Waals surface area contributed by atoms with E-state index in [1.807, 2.05) is 0 Å². The lowest BCUT2D eigenvalue weighted by molar-refractivity contribution is -0.229. The van der Waals surface area contributed by atoms with E-state index in [4.69, 9.17) is 5.26 Å². The summed E-state index contributed by atoms with van der Waals surface area (Å²) >= 11 is 0. The van der Waals surface area contributed by atoms with Crippen molar-refractivity contribution in [3.63, 3.8) is 0 Å². The largest absolute Gasteiger partial charge is 0.367 e. The molecule has 0 fully saturated rings. The molecule has 0 atom stereocenters. The summed E-state index contributed by atoms with van der Waals surface area (Å²) in [7, 11) is 0. The summed E-state index contributed by atoms with van der Waals surface area (Å²) in [4.78, 5) is 22.7. The van der Waals surface area contributed by atoms with Crippen LogP contribution in [0, 0.1) is 0 Å². The summed E-state index contributed by atoms with van der Waals surface area (Å²) in [5, 5.41) is 7.59. The van der Waals surface area contributed by atoms with Crippen LogP contribution in [0.25, 0.3) is 0 Å². The molecule has 4 nitrogen and oxygen atoms in total. The third kappa shape index (κ3) is 17.7. The number of rotatable bonds is 1. The molecule has 64 valence electrons. The predicted molar refractivity (Wildman–Crippen MR) is 39.9 cm³/mol. The molecule has 0 unspecified atom stereocenters. The molecule has 0 heterocycles. The van der Waals surface area contributed by atoms with Crippen molar-refractivity contribution >= 4 is 11.8 Å². The maximum atomic E-state index is 9.94. The van der Waals surface area contributed by atoms with Crippen LogP contribution in [-0.4, -0.2) is 17.0 Å². The van der Waals surface area contributed by atoms with E-state index < -0.39 is 5.97 Å². The summed E-state index contributed by atoms with van der Waals surface area (Å²) in [6, 6.07) is 0. The van der Waals surface area contributed by atoms with Gasteiger partial charge in [0.15, 0.2) is 0 Å². The van der Waals surface area contributed by atoms with E-state index in [1.165, 1.54) is 20.8 Å². The number of hydrogen-bond donors (Lipinski definition) is 1. The van der Waals surface area contributed by atoms with E-state index in [0.717, 1.165) is 0 Å². The van der Waals surface area contributed by atoms with E-state index >= 15 is 0 Å². The predicted octanol–water partition coefficient (Wildman–Crippen LogP) is 1.17. The third-order valence-electron chi connectivity index (χ3n) is 0.431. The van der Waals surface area contributed by atoms with Gasteiger partial charge in [0.2, 0.25) is 0 Å². The molecule has 0 saturated heterocycles. The molecular weight excluding hydrogens is 148 g/mol. The standard InChI is InChI=1S/C4H6O3.C3H6O/c1-3(2)4(5)7-6;1-3(2)4/h6H,1H2,2H3;1-2H3. The van der Waals surface area contributed by atoms with Crippen LogP contribution in [0.2, 0.25) is 0 Å². The van der Waals surface area contributed by atoms with Crippen molar-refractivity contribution in [2.45, 2.75) is 20.8 Å². The second-order valence-corrected chi connectivity index (χ2v) is 2.07. The minimum atomic E-state index is -0.792. The van der Waals surface area contributed by atoms with Crippen molar-refractivity contribution in [3.8, 4) is 0 Å². The van der Waals surface area contributed by atoms with Gasteiger partial charge in [-0.3, -0.25) is 4.89 Å². The fourth-order valence-electron chi connectivity index (χ4n) is 0.0779. The monoisotopic (exact) mass is 160 g/mol. The number of hydrogen-bond acceptors (Lipinski definition) is 4. The molecule has 0 rings (SSSR count). The lowest BCUT2D eigenvalue weighted by atomic mass is 10.4. The van der Waals surface area contributed by atoms with E-state index in [2.05, 4.69) is 11.5 Å². The quantitative estimate of drug-likeness (QED) is 0.355. The van der Waals surface area contributed by atoms with Gasteiger partial charge in [0.05, 0.1) is 0 Å². The number of carbonyl (C=O) groups excluding carboxylic acids is 2. The van der Waals surface area contributed by atoms with Gasteiger partial charge in [0, 0.05) is 5.57 Å². The van der Waals surface area contributed by atoms with Crippen LogP contribution in [0.4, 0.5) is 0 Å². The highest BCUT2D eigenvalue weighted by Crippen LogP contribution is 1.86. The van der Waals surface area contributed by atoms with Crippen molar-refractivity contribution in [2.24, 2.45) is 0 Å². The molecule has 0 aromatic heterocycles. The maximum Gasteiger partial charge on any atom is 0.367 e. The maximum absolute atomic E-state index is 9.94. The second kappa shape index (κ2) is 6.95. The van der Waals surface area contributed by atoms with Crippen LogP contribution in [0.3, 0.4) is 0 Å². The Kier molecular flexibility index (Phi) is 7.91. The van der Waals surface area contributed by atoms with Gasteiger partial charge in [-0.25, -0.2) is 4.79 Å². The van der Waals surface area contributed by atoms with E-state index in [9.17, 15) is 9.59 Å². The first kappa shape index (κ1) is 12.5. The highest BCUT2D eigenvalue weighted by atomic mass is 17.1. The zero-order valence-electron chi connectivity index (χ0n) is 6.88. The Hall–Kier alpha value is -1.16. The Balaban J connectivity index is 0. The molecule has 4 heteroatoms. The second-order valence-electron chi connectivity index (χ2n) is 2.07. The number of carbonyl (C=O) groups is 2. The first-order chi connectivity index (χ1) is 4.91. The summed E-state index contributed by atoms with van der Waals surface area (Å²) in [6.07, 6.45) is 0. The SMILES string of the molecule is C=C(C)C(=O)OO.CC(C)=O. The Morgan fingerprint density at radius 2 is 1.55 bits per heavy atom. The van der Waals surface area contributed by atoms with Crippen molar-refractivity contribution in [1.82, 2.24) is 0 Å². The van der Waals surface area contributed by atoms with Gasteiger partial charge in [0.25, 0.3) is 0 Å². The van der Waals surface area contributed by atoms with Gasteiger partial charge in [-0.2, -0.15) is 5.26 Å². The molecule has 1 N–H and O–H groups in total. The average Bonchev–Trinajstić information content (AvgIpc) is 1.85. The summed E-state index contributed by atoms with van der Waals surface area (Å²) in [5.74, 6) is -0.625. The summed E-state index contributed by atoms with van der Waals surface area (Å²) < 4.78 is 0. The van der Waals surface area contributed by atoms with Gasteiger partial charge in [-0.15, -0.1) is 0 Å². The van der Waals surface area contributed by atoms with Crippen molar-refractivity contribution in [1.29, 1.82) is 0 Å². The first-order valence-corrected chi connectivity index (χ1v) is 2.90. The minimum Gasteiger partial charge on any atom is -0.300 e. The lowest BCUT2D eigenvalue weighted by Crippen LogP contribution is -1.99. The van der Waals surface area contributed by atoms with Gasteiger partial charge in [-0.1, -0.05) is 6.58 Å². The molecule has 0 aliphatic carbocycles. The van der Waals surface area contributed by atoms with Crippen molar-refractivity contribution in [2.75, 3.05) is 0 Å². The van der Waals surface area contributed by atoms with Crippen LogP contribution >= 0.6 is 0 Å². The Bertz CT molecular complexity index is 156. The van der Waals surface area contributed by atoms with E-state index in [1.54, 1.807) is 0 Å². The minimum absolute atomic E-state index is 0.167. The zero-order chi connectivity index (χ0) is 9.44. The molecule has 0 aliphatic heterocycles. The lowest BCUT2D eigenvalue weighted by Gasteiger charge is -1.88. The topological polar surface area (TPSA) is 63.6 Å². The molecule has 0 saturated carbocycles.